The van der Waals surface area contributed by atoms with Crippen molar-refractivity contribution in [2.45, 2.75) is 124 Å². The van der Waals surface area contributed by atoms with Crippen LogP contribution in [-0.2, 0) is 53.2 Å². The molecule has 0 bridgehead atoms. The van der Waals surface area contributed by atoms with Gasteiger partial charge in [-0.1, -0.05) is 122 Å². The summed E-state index contributed by atoms with van der Waals surface area (Å²) in [7, 11) is -7.48. The lowest BCUT2D eigenvalue weighted by Crippen LogP contribution is -2.25. The fourth-order valence-electron chi connectivity index (χ4n) is 6.46. The van der Waals surface area contributed by atoms with Crippen molar-refractivity contribution in [3.63, 3.8) is 0 Å². The van der Waals surface area contributed by atoms with Crippen LogP contribution in [0.4, 0.5) is 0 Å². The van der Waals surface area contributed by atoms with Gasteiger partial charge in [0.1, 0.15) is 11.5 Å². The molecule has 3 aromatic rings. The number of nitrogens with zero attached hydrogens (tertiary/aromatic N) is 2. The van der Waals surface area contributed by atoms with Crippen LogP contribution in [0.5, 0.6) is 11.5 Å². The first-order valence-electron chi connectivity index (χ1n) is 18.6. The Bertz CT molecular complexity index is 2090. The standard InChI is InChI=1S/C25H33NO4S.C18H27NO4S/c1-24(2,3)21-15-19(16-22(23(21)27)25(4,5)6)14-20-12-13-26(31(20,28)29)30-17-18-10-8-7-9-11-18;1-17(2,3)14-10-12(11-15(16(14)20)18(4,5)6)9-13-7-8-19(21)24(13,22)23/h7-11,14-16,27H,12-13,17H2,1-6H3;9-11,20-21H,7-8H2,1-6H3/b20-14+;13-9+. The van der Waals surface area contributed by atoms with Gasteiger partial charge in [0.15, 0.2) is 0 Å². The molecular weight excluding hydrogens is 737 g/mol. The van der Waals surface area contributed by atoms with Gasteiger partial charge in [0.25, 0.3) is 20.0 Å². The second-order valence-corrected chi connectivity index (χ2v) is 22.3. The molecule has 5 rings (SSSR count). The van der Waals surface area contributed by atoms with Crippen molar-refractivity contribution in [1.82, 2.24) is 8.94 Å². The zero-order valence-electron chi connectivity index (χ0n) is 34.5. The number of hydroxylamine groups is 2. The molecule has 0 saturated carbocycles. The van der Waals surface area contributed by atoms with E-state index in [-0.39, 0.29) is 64.2 Å². The molecule has 0 aromatic heterocycles. The second kappa shape index (κ2) is 15.8. The summed E-state index contributed by atoms with van der Waals surface area (Å²) in [5.41, 5.74) is 4.45. The third-order valence-corrected chi connectivity index (χ3v) is 13.2. The highest BCUT2D eigenvalue weighted by Crippen LogP contribution is 2.42. The van der Waals surface area contributed by atoms with Gasteiger partial charge in [0.2, 0.25) is 0 Å². The van der Waals surface area contributed by atoms with Crippen molar-refractivity contribution >= 4 is 32.2 Å². The molecule has 2 aliphatic heterocycles. The first kappa shape index (κ1) is 44.2. The molecule has 2 aliphatic rings. The Morgan fingerprint density at radius 2 is 0.964 bits per heavy atom. The fourth-order valence-corrected chi connectivity index (χ4v) is 9.11. The van der Waals surface area contributed by atoms with Crippen molar-refractivity contribution in [3.8, 4) is 11.5 Å². The van der Waals surface area contributed by atoms with Crippen molar-refractivity contribution in [1.29, 1.82) is 0 Å². The van der Waals surface area contributed by atoms with Crippen molar-refractivity contribution < 1.29 is 37.1 Å². The number of rotatable bonds is 5. The number of aromatic hydroxyl groups is 2. The molecule has 0 radical (unpaired) electrons. The van der Waals surface area contributed by atoms with Gasteiger partial charge in [0, 0.05) is 48.2 Å². The van der Waals surface area contributed by atoms with E-state index in [2.05, 4.69) is 0 Å². The Balaban J connectivity index is 0.000000253. The molecule has 0 spiro atoms. The number of benzene rings is 3. The van der Waals surface area contributed by atoms with E-state index < -0.39 is 20.0 Å². The summed E-state index contributed by atoms with van der Waals surface area (Å²) in [6.45, 7) is 24.8. The van der Waals surface area contributed by atoms with E-state index in [1.165, 1.54) is 0 Å². The van der Waals surface area contributed by atoms with Crippen molar-refractivity contribution in [2.75, 3.05) is 13.1 Å². The predicted octanol–water partition coefficient (Wildman–Crippen LogP) is 9.25. The minimum absolute atomic E-state index is 0.0739. The normalized spacial score (nSPS) is 19.5. The Hall–Kier alpha value is -3.52. The van der Waals surface area contributed by atoms with E-state index in [4.69, 9.17) is 4.84 Å². The Labute approximate surface area is 329 Å². The van der Waals surface area contributed by atoms with Crippen LogP contribution in [0.3, 0.4) is 0 Å². The predicted molar refractivity (Wildman–Crippen MR) is 220 cm³/mol. The first-order chi connectivity index (χ1) is 25.0. The highest BCUT2D eigenvalue weighted by Gasteiger charge is 2.36. The summed E-state index contributed by atoms with van der Waals surface area (Å²) in [6.07, 6.45) is 3.96. The highest BCUT2D eigenvalue weighted by molar-refractivity contribution is 7.93. The highest BCUT2D eigenvalue weighted by atomic mass is 32.2. The zero-order chi connectivity index (χ0) is 41.5. The molecule has 2 heterocycles. The maximum absolute atomic E-state index is 13.0. The summed E-state index contributed by atoms with van der Waals surface area (Å²) >= 11 is 0. The average molecular weight is 797 g/mol. The molecule has 10 nitrogen and oxygen atoms in total. The van der Waals surface area contributed by atoms with Gasteiger partial charge in [-0.2, -0.15) is 0 Å². The summed E-state index contributed by atoms with van der Waals surface area (Å²) in [4.78, 5) is 6.13. The zero-order valence-corrected chi connectivity index (χ0v) is 36.1. The summed E-state index contributed by atoms with van der Waals surface area (Å²) in [5.74, 6) is 0.541. The minimum atomic E-state index is -3.78. The maximum atomic E-state index is 13.0. The van der Waals surface area contributed by atoms with E-state index in [9.17, 15) is 32.3 Å². The molecule has 2 fully saturated rings. The summed E-state index contributed by atoms with van der Waals surface area (Å²) < 4.78 is 51.7. The molecule has 2 saturated heterocycles. The lowest BCUT2D eigenvalue weighted by Gasteiger charge is -2.28. The lowest BCUT2D eigenvalue weighted by molar-refractivity contribution is -0.0894. The van der Waals surface area contributed by atoms with Gasteiger partial charge in [-0.25, -0.2) is 16.8 Å². The van der Waals surface area contributed by atoms with Crippen LogP contribution < -0.4 is 0 Å². The summed E-state index contributed by atoms with van der Waals surface area (Å²) in [5, 5.41) is 31.1. The van der Waals surface area contributed by atoms with Gasteiger partial charge in [-0.15, -0.1) is 0 Å². The van der Waals surface area contributed by atoms with Crippen LogP contribution >= 0.6 is 0 Å². The summed E-state index contributed by atoms with van der Waals surface area (Å²) in [6, 6.07) is 16.9. The minimum Gasteiger partial charge on any atom is -0.507 e. The van der Waals surface area contributed by atoms with Crippen LogP contribution in [-0.4, -0.2) is 54.3 Å². The molecule has 3 N–H and O–H groups in total. The average Bonchev–Trinajstić information content (AvgIpc) is 3.47. The smallest absolute Gasteiger partial charge is 0.261 e. The topological polar surface area (TPSA) is 145 Å². The Morgan fingerprint density at radius 1 is 0.600 bits per heavy atom. The van der Waals surface area contributed by atoms with E-state index in [1.54, 1.807) is 12.2 Å². The van der Waals surface area contributed by atoms with Gasteiger partial charge in [0.05, 0.1) is 16.4 Å². The monoisotopic (exact) mass is 796 g/mol. The van der Waals surface area contributed by atoms with Gasteiger partial charge in [-0.05, 0) is 74.8 Å². The van der Waals surface area contributed by atoms with Crippen LogP contribution in [0.25, 0.3) is 12.2 Å². The SMILES string of the molecule is CC(C)(C)c1cc(/C=C2\CCN(O)S2(=O)=O)cc(C(C)(C)C)c1O.CC(C)(C)c1cc(/C=C2\CCN(OCc3ccccc3)S2(=O)=O)cc(C(C)(C)C)c1O. The van der Waals surface area contributed by atoms with Crippen molar-refractivity contribution in [2.24, 2.45) is 0 Å². The molecule has 12 heteroatoms. The van der Waals surface area contributed by atoms with Crippen LogP contribution in [0, 0.1) is 0 Å². The van der Waals surface area contributed by atoms with Gasteiger partial charge in [-0.3, -0.25) is 10.0 Å². The number of sulfonamides is 2. The van der Waals surface area contributed by atoms with Crippen molar-refractivity contribution in [3.05, 3.63) is 103 Å². The Kier molecular flexibility index (Phi) is 12.7. The first-order valence-corrected chi connectivity index (χ1v) is 21.5. The molecule has 0 amide bonds. The van der Waals surface area contributed by atoms with E-state index in [0.717, 1.165) is 43.4 Å². The quantitative estimate of drug-likeness (QED) is 0.232. The molecule has 302 valence electrons. The van der Waals surface area contributed by atoms with E-state index >= 15 is 0 Å². The van der Waals surface area contributed by atoms with Gasteiger partial charge < -0.3 is 10.2 Å². The van der Waals surface area contributed by atoms with Gasteiger partial charge >= 0.3 is 0 Å². The van der Waals surface area contributed by atoms with Crippen LogP contribution in [0.2, 0.25) is 0 Å². The third kappa shape index (κ3) is 10.3. The molecule has 0 atom stereocenters. The lowest BCUT2D eigenvalue weighted by atomic mass is 9.78. The largest absolute Gasteiger partial charge is 0.507 e. The fraction of sp³-hybridized carbons (Fsp3) is 0.488. The number of phenolic OH excluding ortho intramolecular Hbond substituents is 2. The van der Waals surface area contributed by atoms with E-state index in [0.29, 0.717) is 15.8 Å². The van der Waals surface area contributed by atoms with E-state index in [1.807, 2.05) is 138 Å². The molecule has 0 aliphatic carbocycles. The molecule has 0 unspecified atom stereocenters. The second-order valence-electron chi connectivity index (χ2n) is 18.5. The number of hydrogen-bond acceptors (Lipinski definition) is 8. The Morgan fingerprint density at radius 3 is 1.31 bits per heavy atom. The number of phenols is 2. The molecular formula is C43H60N2O8S2. The molecule has 55 heavy (non-hydrogen) atoms. The maximum Gasteiger partial charge on any atom is 0.261 e. The molecule has 3 aromatic carbocycles. The third-order valence-electron chi connectivity index (χ3n) is 9.67. The number of hydrogen-bond donors (Lipinski definition) is 3. The van der Waals surface area contributed by atoms with Crippen LogP contribution in [0.15, 0.2) is 64.4 Å². The van der Waals surface area contributed by atoms with Crippen LogP contribution in [0.1, 0.15) is 135 Å².